The molecule has 0 unspecified atom stereocenters. The number of aromatic nitrogens is 1. The molecule has 0 fully saturated rings. The summed E-state index contributed by atoms with van der Waals surface area (Å²) in [7, 11) is -3.69. The number of sulfonamides is 1. The highest BCUT2D eigenvalue weighted by Gasteiger charge is 2.21. The number of carbonyl (C=O) groups is 1. The molecule has 0 aliphatic heterocycles. The van der Waals surface area contributed by atoms with E-state index in [2.05, 4.69) is 10.5 Å². The number of rotatable bonds is 7. The number of nitrogens with zero attached hydrogens (tertiary/aromatic N) is 3. The van der Waals surface area contributed by atoms with Crippen molar-refractivity contribution < 1.29 is 17.6 Å². The second-order valence-electron chi connectivity index (χ2n) is 8.02. The fraction of sp³-hybridized carbons (Fsp3) is 0.250. The van der Waals surface area contributed by atoms with Crippen LogP contribution in [-0.4, -0.2) is 37.9 Å². The highest BCUT2D eigenvalue weighted by Crippen LogP contribution is 2.22. The molecule has 174 valence electrons. The molecular weight excluding hydrogens is 443 g/mol. The third-order valence-electron chi connectivity index (χ3n) is 5.14. The predicted octanol–water partition coefficient (Wildman–Crippen LogP) is 3.77. The number of carbonyl (C=O) groups excluding carboxylic acids is 1. The number of benzene rings is 2. The van der Waals surface area contributed by atoms with Crippen molar-refractivity contribution in [2.24, 2.45) is 5.10 Å². The average molecular weight is 471 g/mol. The number of nitrogens with one attached hydrogen (secondary N) is 1. The Morgan fingerprint density at radius 1 is 1.09 bits per heavy atom. The van der Waals surface area contributed by atoms with Gasteiger partial charge in [-0.1, -0.05) is 18.2 Å². The van der Waals surface area contributed by atoms with Gasteiger partial charge in [-0.25, -0.2) is 18.2 Å². The van der Waals surface area contributed by atoms with Crippen LogP contribution in [0.3, 0.4) is 0 Å². The summed E-state index contributed by atoms with van der Waals surface area (Å²) in [6.45, 7) is 6.99. The van der Waals surface area contributed by atoms with E-state index in [9.17, 15) is 17.6 Å². The molecule has 1 heterocycles. The molecule has 0 bridgehead atoms. The van der Waals surface area contributed by atoms with E-state index in [1.54, 1.807) is 34.9 Å². The number of hydrazone groups is 1. The first-order valence-electron chi connectivity index (χ1n) is 10.3. The van der Waals surface area contributed by atoms with Gasteiger partial charge in [0.1, 0.15) is 12.4 Å². The third-order valence-corrected chi connectivity index (χ3v) is 6.28. The van der Waals surface area contributed by atoms with Crippen LogP contribution in [0.2, 0.25) is 0 Å². The molecule has 1 N–H and O–H groups in total. The zero-order chi connectivity index (χ0) is 24.3. The van der Waals surface area contributed by atoms with Crippen molar-refractivity contribution in [3.63, 3.8) is 0 Å². The Hall–Kier alpha value is -3.46. The van der Waals surface area contributed by atoms with E-state index in [0.29, 0.717) is 16.9 Å². The molecule has 7 nitrogen and oxygen atoms in total. The number of aryl methyl sites for hydroxylation is 3. The Morgan fingerprint density at radius 2 is 1.73 bits per heavy atom. The van der Waals surface area contributed by atoms with Gasteiger partial charge < -0.3 is 4.57 Å². The van der Waals surface area contributed by atoms with Gasteiger partial charge >= 0.3 is 0 Å². The molecule has 0 aliphatic carbocycles. The quantitative estimate of drug-likeness (QED) is 0.422. The fourth-order valence-corrected chi connectivity index (χ4v) is 4.60. The first-order valence-corrected chi connectivity index (χ1v) is 12.1. The van der Waals surface area contributed by atoms with E-state index in [1.807, 2.05) is 39.8 Å². The summed E-state index contributed by atoms with van der Waals surface area (Å²) < 4.78 is 41.7. The normalized spacial score (nSPS) is 11.7. The molecule has 33 heavy (non-hydrogen) atoms. The minimum absolute atomic E-state index is 0.344. The molecule has 1 aromatic heterocycles. The average Bonchev–Trinajstić information content (AvgIpc) is 2.98. The Balaban J connectivity index is 1.77. The third kappa shape index (κ3) is 5.67. The van der Waals surface area contributed by atoms with Crippen molar-refractivity contribution in [1.29, 1.82) is 0 Å². The van der Waals surface area contributed by atoms with Gasteiger partial charge in [0.05, 0.1) is 23.8 Å². The molecule has 1 amide bonds. The maximum Gasteiger partial charge on any atom is 0.260 e. The maximum atomic E-state index is 14.2. The zero-order valence-electron chi connectivity index (χ0n) is 19.3. The van der Waals surface area contributed by atoms with Crippen molar-refractivity contribution >= 4 is 27.8 Å². The highest BCUT2D eigenvalue weighted by molar-refractivity contribution is 7.92. The first kappa shape index (κ1) is 24.2. The van der Waals surface area contributed by atoms with E-state index >= 15 is 0 Å². The lowest BCUT2D eigenvalue weighted by Gasteiger charge is -2.22. The molecule has 3 rings (SSSR count). The smallest absolute Gasteiger partial charge is 0.260 e. The van der Waals surface area contributed by atoms with Crippen molar-refractivity contribution in [3.8, 4) is 5.69 Å². The SMILES string of the molecule is Cc1cc(C)cc(N(CC(=O)N/N=C\c2cc(C)n(-c3ccccc3F)c2C)S(C)(=O)=O)c1. The Morgan fingerprint density at radius 3 is 2.33 bits per heavy atom. The molecule has 0 spiro atoms. The van der Waals surface area contributed by atoms with Crippen LogP contribution < -0.4 is 9.73 Å². The van der Waals surface area contributed by atoms with Gasteiger partial charge in [0, 0.05) is 17.0 Å². The molecule has 9 heteroatoms. The van der Waals surface area contributed by atoms with Crippen LogP contribution in [0.25, 0.3) is 5.69 Å². The number of amides is 1. The minimum atomic E-state index is -3.69. The predicted molar refractivity (Wildman–Crippen MR) is 129 cm³/mol. The molecule has 3 aromatic rings. The Bertz CT molecular complexity index is 1310. The number of anilines is 1. The second kappa shape index (κ2) is 9.58. The van der Waals surface area contributed by atoms with Crippen LogP contribution in [0.4, 0.5) is 10.1 Å². The summed E-state index contributed by atoms with van der Waals surface area (Å²) in [4.78, 5) is 12.5. The number of hydrogen-bond donors (Lipinski definition) is 1. The summed E-state index contributed by atoms with van der Waals surface area (Å²) >= 11 is 0. The summed E-state index contributed by atoms with van der Waals surface area (Å²) in [5, 5.41) is 3.98. The fourth-order valence-electron chi connectivity index (χ4n) is 3.76. The monoisotopic (exact) mass is 470 g/mol. The molecule has 0 aliphatic rings. The van der Waals surface area contributed by atoms with Crippen molar-refractivity contribution in [1.82, 2.24) is 9.99 Å². The van der Waals surface area contributed by atoms with Crippen LogP contribution in [0.15, 0.2) is 53.6 Å². The molecule has 0 atom stereocenters. The van der Waals surface area contributed by atoms with Gasteiger partial charge in [-0.3, -0.25) is 9.10 Å². The van der Waals surface area contributed by atoms with Gasteiger partial charge in [-0.15, -0.1) is 0 Å². The number of halogens is 1. The lowest BCUT2D eigenvalue weighted by Crippen LogP contribution is -2.39. The topological polar surface area (TPSA) is 83.8 Å². The Kier molecular flexibility index (Phi) is 7.02. The van der Waals surface area contributed by atoms with Gasteiger partial charge in [0.15, 0.2) is 0 Å². The molecule has 0 saturated heterocycles. The molecule has 0 radical (unpaired) electrons. The first-order chi connectivity index (χ1) is 15.5. The highest BCUT2D eigenvalue weighted by atomic mass is 32.2. The van der Waals surface area contributed by atoms with E-state index in [1.165, 1.54) is 12.3 Å². The number of para-hydroxylation sites is 1. The molecular formula is C24H27FN4O3S. The van der Waals surface area contributed by atoms with Gasteiger partial charge in [-0.05, 0) is 69.2 Å². The van der Waals surface area contributed by atoms with Gasteiger partial charge in [0.25, 0.3) is 5.91 Å². The van der Waals surface area contributed by atoms with Crippen LogP contribution >= 0.6 is 0 Å². The lowest BCUT2D eigenvalue weighted by atomic mass is 10.1. The summed E-state index contributed by atoms with van der Waals surface area (Å²) in [5.41, 5.74) is 7.27. The van der Waals surface area contributed by atoms with Gasteiger partial charge in [-0.2, -0.15) is 5.10 Å². The van der Waals surface area contributed by atoms with Crippen LogP contribution in [0.1, 0.15) is 28.1 Å². The summed E-state index contributed by atoms with van der Waals surface area (Å²) in [5.74, 6) is -0.929. The van der Waals surface area contributed by atoms with E-state index < -0.39 is 22.5 Å². The lowest BCUT2D eigenvalue weighted by molar-refractivity contribution is -0.119. The summed E-state index contributed by atoms with van der Waals surface area (Å²) in [6, 6.07) is 13.6. The van der Waals surface area contributed by atoms with E-state index in [0.717, 1.165) is 33.1 Å². The molecule has 0 saturated carbocycles. The summed E-state index contributed by atoms with van der Waals surface area (Å²) in [6.07, 6.45) is 2.51. The standard InChI is InChI=1S/C24H27FN4O3S/c1-16-10-17(2)12-21(11-16)28(33(5,31)32)15-24(30)27-26-14-20-13-18(3)29(19(20)4)23-9-7-6-8-22(23)25/h6-14H,15H2,1-5H3,(H,27,30)/b26-14-. The van der Waals surface area contributed by atoms with E-state index in [-0.39, 0.29) is 5.82 Å². The molecule has 2 aromatic carbocycles. The van der Waals surface area contributed by atoms with Crippen LogP contribution in [0.5, 0.6) is 0 Å². The van der Waals surface area contributed by atoms with Crippen molar-refractivity contribution in [2.75, 3.05) is 17.1 Å². The minimum Gasteiger partial charge on any atom is -0.315 e. The van der Waals surface area contributed by atoms with Crippen LogP contribution in [-0.2, 0) is 14.8 Å². The Labute approximate surface area is 193 Å². The van der Waals surface area contributed by atoms with Crippen molar-refractivity contribution in [3.05, 3.63) is 82.4 Å². The van der Waals surface area contributed by atoms with Crippen molar-refractivity contribution in [2.45, 2.75) is 27.7 Å². The van der Waals surface area contributed by atoms with Crippen LogP contribution in [0, 0.1) is 33.5 Å². The maximum absolute atomic E-state index is 14.2. The van der Waals surface area contributed by atoms with E-state index in [4.69, 9.17) is 0 Å². The van der Waals surface area contributed by atoms with Gasteiger partial charge in [0.2, 0.25) is 10.0 Å². The largest absolute Gasteiger partial charge is 0.315 e. The zero-order valence-corrected chi connectivity index (χ0v) is 20.1. The number of hydrogen-bond acceptors (Lipinski definition) is 4. The second-order valence-corrected chi connectivity index (χ2v) is 9.93.